The Hall–Kier alpha value is -1.44. The van der Waals surface area contributed by atoms with E-state index in [1.165, 1.54) is 24.3 Å². The molecule has 1 aliphatic carbocycles. The molecule has 0 aromatic heterocycles. The number of benzene rings is 1. The van der Waals surface area contributed by atoms with E-state index < -0.39 is 21.0 Å². The quantitative estimate of drug-likeness (QED) is 0.236. The first-order valence-electron chi connectivity index (χ1n) is 9.52. The summed E-state index contributed by atoms with van der Waals surface area (Å²) in [5.41, 5.74) is 0.373. The predicted octanol–water partition coefficient (Wildman–Crippen LogP) is 5.89. The molecule has 7 nitrogen and oxygen atoms in total. The van der Waals surface area contributed by atoms with Crippen molar-refractivity contribution in [3.05, 3.63) is 34.4 Å². The molecule has 1 fully saturated rings. The van der Waals surface area contributed by atoms with Gasteiger partial charge in [-0.05, 0) is 42.7 Å². The van der Waals surface area contributed by atoms with Gasteiger partial charge in [0.2, 0.25) is 3.79 Å². The fourth-order valence-corrected chi connectivity index (χ4v) is 3.91. The highest BCUT2D eigenvalue weighted by atomic mass is 35.6. The second kappa shape index (κ2) is 10.0. The average molecular weight is 467 g/mol. The fraction of sp³-hybridized carbons (Fsp3) is 0.632. The minimum absolute atomic E-state index is 0.0699. The van der Waals surface area contributed by atoms with Crippen LogP contribution < -0.4 is 10.6 Å². The molecule has 1 aliphatic rings. The number of amides is 1. The van der Waals surface area contributed by atoms with Gasteiger partial charge in [-0.3, -0.25) is 15.4 Å². The number of carbonyl (C=O) groups excluding carboxylic acids is 1. The molecular weight excluding hydrogens is 441 g/mol. The molecule has 1 amide bonds. The van der Waals surface area contributed by atoms with E-state index in [0.717, 1.165) is 19.3 Å². The molecule has 29 heavy (non-hydrogen) atoms. The highest BCUT2D eigenvalue weighted by Crippen LogP contribution is 2.36. The molecule has 0 radical (unpaired) electrons. The Morgan fingerprint density at radius 1 is 1.24 bits per heavy atom. The van der Waals surface area contributed by atoms with Gasteiger partial charge in [-0.25, -0.2) is 4.79 Å². The van der Waals surface area contributed by atoms with Gasteiger partial charge in [0, 0.05) is 17.8 Å². The van der Waals surface area contributed by atoms with Crippen LogP contribution >= 0.6 is 34.8 Å². The topological polar surface area (TPSA) is 93.5 Å². The Morgan fingerprint density at radius 3 is 2.38 bits per heavy atom. The van der Waals surface area contributed by atoms with Crippen LogP contribution in [0.2, 0.25) is 0 Å². The lowest BCUT2D eigenvalue weighted by Gasteiger charge is -2.37. The van der Waals surface area contributed by atoms with Crippen molar-refractivity contribution in [2.75, 3.05) is 5.32 Å². The van der Waals surface area contributed by atoms with Crippen LogP contribution in [0.25, 0.3) is 0 Å². The van der Waals surface area contributed by atoms with Gasteiger partial charge in [0.25, 0.3) is 5.69 Å². The molecular formula is C19H26Cl3N3O4. The molecule has 4 atom stereocenters. The van der Waals surface area contributed by atoms with Crippen molar-refractivity contribution in [2.45, 2.75) is 56.1 Å². The molecule has 0 aliphatic heterocycles. The van der Waals surface area contributed by atoms with Crippen LogP contribution in [0.1, 0.15) is 40.0 Å². The van der Waals surface area contributed by atoms with Gasteiger partial charge in [0.1, 0.15) is 12.3 Å². The number of halogens is 3. The average Bonchev–Trinajstić information content (AvgIpc) is 2.60. The number of hydrogen-bond acceptors (Lipinski definition) is 5. The SMILES string of the molecule is CC1CCC(C(C)C)C(OC(=O)NC(Nc2ccc([N+](=O)[O-])cc2)C(Cl)(Cl)Cl)C1. The zero-order chi connectivity index (χ0) is 21.8. The Morgan fingerprint density at radius 2 is 1.86 bits per heavy atom. The molecule has 2 rings (SSSR count). The first kappa shape index (κ1) is 23.8. The third-order valence-corrected chi connectivity index (χ3v) is 5.85. The Balaban J connectivity index is 2.05. The zero-order valence-corrected chi connectivity index (χ0v) is 18.8. The summed E-state index contributed by atoms with van der Waals surface area (Å²) in [6.45, 7) is 6.38. The summed E-state index contributed by atoms with van der Waals surface area (Å²) < 4.78 is 3.82. The molecule has 162 valence electrons. The van der Waals surface area contributed by atoms with Crippen LogP contribution in [-0.4, -0.2) is 27.1 Å². The summed E-state index contributed by atoms with van der Waals surface area (Å²) >= 11 is 18.0. The number of nitro benzene ring substituents is 1. The molecule has 2 N–H and O–H groups in total. The number of non-ortho nitro benzene ring substituents is 1. The number of nitrogens with zero attached hydrogens (tertiary/aromatic N) is 1. The van der Waals surface area contributed by atoms with Gasteiger partial charge in [-0.2, -0.15) is 0 Å². The van der Waals surface area contributed by atoms with E-state index in [1.807, 2.05) is 0 Å². The molecule has 1 aromatic carbocycles. The van der Waals surface area contributed by atoms with Crippen molar-refractivity contribution in [1.82, 2.24) is 5.32 Å². The number of alkyl halides is 3. The Kier molecular flexibility index (Phi) is 8.26. The van der Waals surface area contributed by atoms with Gasteiger partial charge < -0.3 is 10.1 Å². The van der Waals surface area contributed by atoms with Crippen molar-refractivity contribution in [2.24, 2.45) is 17.8 Å². The van der Waals surface area contributed by atoms with E-state index in [2.05, 4.69) is 31.4 Å². The zero-order valence-electron chi connectivity index (χ0n) is 16.5. The lowest BCUT2D eigenvalue weighted by Crippen LogP contribution is -2.50. The number of anilines is 1. The summed E-state index contributed by atoms with van der Waals surface area (Å²) in [4.78, 5) is 22.8. The summed E-state index contributed by atoms with van der Waals surface area (Å²) in [5.74, 6) is 1.15. The number of nitro groups is 1. The fourth-order valence-electron chi connectivity index (χ4n) is 3.59. The molecule has 1 saturated carbocycles. The van der Waals surface area contributed by atoms with Crippen LogP contribution in [0.15, 0.2) is 24.3 Å². The third kappa shape index (κ3) is 7.08. The number of carbonyl (C=O) groups is 1. The van der Waals surface area contributed by atoms with Crippen molar-refractivity contribution >= 4 is 52.3 Å². The summed E-state index contributed by atoms with van der Waals surface area (Å²) in [6.07, 6.45) is 0.938. The number of ether oxygens (including phenoxy) is 1. The van der Waals surface area contributed by atoms with Gasteiger partial charge in [0.15, 0.2) is 0 Å². The molecule has 0 spiro atoms. The molecule has 0 heterocycles. The highest BCUT2D eigenvalue weighted by Gasteiger charge is 2.37. The van der Waals surface area contributed by atoms with Crippen LogP contribution in [-0.2, 0) is 4.74 Å². The minimum atomic E-state index is -1.88. The Labute approximate surface area is 185 Å². The van der Waals surface area contributed by atoms with Crippen LogP contribution in [0, 0.1) is 27.9 Å². The van der Waals surface area contributed by atoms with Gasteiger partial charge in [-0.1, -0.05) is 62.0 Å². The monoisotopic (exact) mass is 465 g/mol. The molecule has 10 heteroatoms. The minimum Gasteiger partial charge on any atom is -0.446 e. The first-order chi connectivity index (χ1) is 13.5. The second-order valence-electron chi connectivity index (χ2n) is 7.84. The van der Waals surface area contributed by atoms with E-state index >= 15 is 0 Å². The van der Waals surface area contributed by atoms with E-state index in [4.69, 9.17) is 39.5 Å². The van der Waals surface area contributed by atoms with Crippen LogP contribution in [0.5, 0.6) is 0 Å². The van der Waals surface area contributed by atoms with E-state index in [9.17, 15) is 14.9 Å². The maximum Gasteiger partial charge on any atom is 0.409 e. The predicted molar refractivity (Wildman–Crippen MR) is 116 cm³/mol. The highest BCUT2D eigenvalue weighted by molar-refractivity contribution is 6.68. The van der Waals surface area contributed by atoms with E-state index in [-0.39, 0.29) is 17.7 Å². The largest absolute Gasteiger partial charge is 0.446 e. The van der Waals surface area contributed by atoms with E-state index in [0.29, 0.717) is 17.5 Å². The Bertz CT molecular complexity index is 710. The second-order valence-corrected chi connectivity index (χ2v) is 10.2. The van der Waals surface area contributed by atoms with Crippen LogP contribution in [0.3, 0.4) is 0 Å². The summed E-state index contributed by atoms with van der Waals surface area (Å²) in [7, 11) is 0. The van der Waals surface area contributed by atoms with Gasteiger partial charge in [-0.15, -0.1) is 0 Å². The standard InChI is InChI=1S/C19H26Cl3N3O4/c1-11(2)15-9-4-12(3)10-16(15)29-18(26)24-17(19(20,21)22)23-13-5-7-14(8-6-13)25(27)28/h5-8,11-12,15-17,23H,4,9-10H2,1-3H3,(H,24,26). The number of rotatable bonds is 6. The smallest absolute Gasteiger partial charge is 0.409 e. The maximum atomic E-state index is 12.5. The summed E-state index contributed by atoms with van der Waals surface area (Å²) in [6, 6.07) is 5.55. The van der Waals surface area contributed by atoms with Crippen molar-refractivity contribution in [1.29, 1.82) is 0 Å². The normalized spacial score (nSPS) is 23.3. The van der Waals surface area contributed by atoms with Gasteiger partial charge >= 0.3 is 6.09 Å². The lowest BCUT2D eigenvalue weighted by molar-refractivity contribution is -0.384. The van der Waals surface area contributed by atoms with Gasteiger partial charge in [0.05, 0.1) is 4.92 Å². The summed E-state index contributed by atoms with van der Waals surface area (Å²) in [5, 5.41) is 16.2. The van der Waals surface area contributed by atoms with Crippen molar-refractivity contribution in [3.63, 3.8) is 0 Å². The third-order valence-electron chi connectivity index (χ3n) is 5.20. The molecule has 0 saturated heterocycles. The molecule has 0 bridgehead atoms. The van der Waals surface area contributed by atoms with Crippen LogP contribution in [0.4, 0.5) is 16.2 Å². The van der Waals surface area contributed by atoms with Crippen molar-refractivity contribution < 1.29 is 14.5 Å². The number of alkyl carbamates (subject to hydrolysis) is 1. The maximum absolute atomic E-state index is 12.5. The lowest BCUT2D eigenvalue weighted by atomic mass is 9.75. The first-order valence-corrected chi connectivity index (χ1v) is 10.7. The number of hydrogen-bond donors (Lipinski definition) is 2. The molecule has 1 aromatic rings. The molecule has 4 unspecified atom stereocenters. The van der Waals surface area contributed by atoms with Crippen molar-refractivity contribution in [3.8, 4) is 0 Å². The van der Waals surface area contributed by atoms with E-state index in [1.54, 1.807) is 0 Å². The number of nitrogens with one attached hydrogen (secondary N) is 2.